The first-order valence-electron chi connectivity index (χ1n) is 14.8. The van der Waals surface area contributed by atoms with Crippen molar-refractivity contribution in [1.29, 1.82) is 0 Å². The largest absolute Gasteiger partial charge is 0.451 e. The lowest BCUT2D eigenvalue weighted by Crippen LogP contribution is -2.49. The van der Waals surface area contributed by atoms with Gasteiger partial charge in [0.05, 0.1) is 23.6 Å². The lowest BCUT2D eigenvalue weighted by molar-refractivity contribution is -0.151. The second kappa shape index (κ2) is 10.3. The number of ether oxygens (including phenoxy) is 1. The summed E-state index contributed by atoms with van der Waals surface area (Å²) in [5.41, 5.74) is 3.92. The number of carbonyl (C=O) groups excluding carboxylic acids is 3. The Morgan fingerprint density at radius 3 is 1.98 bits per heavy atom. The predicted molar refractivity (Wildman–Crippen MR) is 170 cm³/mol. The molecule has 0 unspecified atom stereocenters. The number of benzene rings is 5. The van der Waals surface area contributed by atoms with E-state index in [1.165, 1.54) is 4.90 Å². The number of fused-ring (bicyclic) bond motifs is 6. The van der Waals surface area contributed by atoms with Gasteiger partial charge in [0.2, 0.25) is 11.8 Å². The van der Waals surface area contributed by atoms with Crippen LogP contribution in [0.4, 0.5) is 11.4 Å². The fourth-order valence-electron chi connectivity index (χ4n) is 7.20. The Hall–Kier alpha value is -5.49. The summed E-state index contributed by atoms with van der Waals surface area (Å²) in [5.74, 6) is -2.87. The summed E-state index contributed by atoms with van der Waals surface area (Å²) >= 11 is 0. The standard InChI is InChI=1S/C38H28N2O4/c41-36-32-31-23-22-25-13-8-10-20-29(25)39(31)34(33(32)37(42)40(36)30-21-11-18-24-12-7-9-19-28(24)30)38(43)44-35(26-14-3-1-4-15-26)27-16-5-2-6-17-27/h1-23,31-35H/t31-,32-,33-,34+/m1/s1. The normalized spacial score (nSPS) is 21.8. The first-order chi connectivity index (χ1) is 21.6. The van der Waals surface area contributed by atoms with Gasteiger partial charge in [-0.25, -0.2) is 9.69 Å². The molecule has 0 aromatic heterocycles. The van der Waals surface area contributed by atoms with Crippen LogP contribution < -0.4 is 9.80 Å². The average Bonchev–Trinajstić information content (AvgIpc) is 3.56. The highest BCUT2D eigenvalue weighted by Crippen LogP contribution is 2.50. The van der Waals surface area contributed by atoms with Gasteiger partial charge in [0.25, 0.3) is 0 Å². The number of hydrogen-bond acceptors (Lipinski definition) is 5. The molecule has 214 valence electrons. The third-order valence-electron chi connectivity index (χ3n) is 9.10. The van der Waals surface area contributed by atoms with Gasteiger partial charge in [0.1, 0.15) is 6.04 Å². The molecule has 0 N–H and O–H groups in total. The molecule has 3 aliphatic heterocycles. The third kappa shape index (κ3) is 3.98. The zero-order valence-electron chi connectivity index (χ0n) is 23.7. The Morgan fingerprint density at radius 1 is 0.636 bits per heavy atom. The molecule has 0 aliphatic carbocycles. The average molecular weight is 577 g/mol. The molecule has 4 atom stereocenters. The minimum absolute atomic E-state index is 0.298. The summed E-state index contributed by atoms with van der Waals surface area (Å²) < 4.78 is 6.39. The molecule has 0 spiro atoms. The van der Waals surface area contributed by atoms with Crippen molar-refractivity contribution in [3.63, 3.8) is 0 Å². The van der Waals surface area contributed by atoms with E-state index in [0.29, 0.717) is 5.69 Å². The van der Waals surface area contributed by atoms with Gasteiger partial charge >= 0.3 is 5.97 Å². The smallest absolute Gasteiger partial charge is 0.330 e. The lowest BCUT2D eigenvalue weighted by atomic mass is 9.88. The zero-order valence-corrected chi connectivity index (χ0v) is 23.7. The molecule has 0 bridgehead atoms. The van der Waals surface area contributed by atoms with Crippen LogP contribution in [0.25, 0.3) is 16.8 Å². The van der Waals surface area contributed by atoms with Gasteiger partial charge in [0, 0.05) is 11.1 Å². The quantitative estimate of drug-likeness (QED) is 0.175. The first-order valence-corrected chi connectivity index (χ1v) is 14.8. The summed E-state index contributed by atoms with van der Waals surface area (Å²) in [7, 11) is 0. The van der Waals surface area contributed by atoms with Gasteiger partial charge in [0.15, 0.2) is 6.10 Å². The fraction of sp³-hybridized carbons (Fsp3) is 0.132. The number of hydrogen-bond donors (Lipinski definition) is 0. The van der Waals surface area contributed by atoms with Gasteiger partial charge in [-0.2, -0.15) is 0 Å². The van der Waals surface area contributed by atoms with Crippen molar-refractivity contribution in [2.75, 3.05) is 9.80 Å². The number of amides is 2. The fourth-order valence-corrected chi connectivity index (χ4v) is 7.20. The van der Waals surface area contributed by atoms with Gasteiger partial charge in [-0.3, -0.25) is 9.59 Å². The van der Waals surface area contributed by atoms with Crippen LogP contribution in [0.3, 0.4) is 0 Å². The molecular weight excluding hydrogens is 548 g/mol. The predicted octanol–water partition coefficient (Wildman–Crippen LogP) is 6.56. The van der Waals surface area contributed by atoms with Crippen LogP contribution in [0, 0.1) is 11.8 Å². The minimum Gasteiger partial charge on any atom is -0.451 e. The van der Waals surface area contributed by atoms with E-state index in [-0.39, 0.29) is 11.8 Å². The van der Waals surface area contributed by atoms with E-state index in [2.05, 4.69) is 0 Å². The molecule has 5 aromatic carbocycles. The summed E-state index contributed by atoms with van der Waals surface area (Å²) in [4.78, 5) is 46.6. The topological polar surface area (TPSA) is 66.9 Å². The summed E-state index contributed by atoms with van der Waals surface area (Å²) in [6.07, 6.45) is 3.26. The van der Waals surface area contributed by atoms with Crippen LogP contribution in [-0.4, -0.2) is 29.9 Å². The van der Waals surface area contributed by atoms with Gasteiger partial charge in [-0.15, -0.1) is 0 Å². The Kier molecular flexibility index (Phi) is 6.15. The van der Waals surface area contributed by atoms with E-state index in [4.69, 9.17) is 4.74 Å². The number of imide groups is 1. The Labute approximate surface area is 254 Å². The van der Waals surface area contributed by atoms with Crippen LogP contribution in [0.1, 0.15) is 22.8 Å². The Balaban J connectivity index is 1.24. The van der Waals surface area contributed by atoms with E-state index in [1.807, 2.05) is 138 Å². The summed E-state index contributed by atoms with van der Waals surface area (Å²) in [5, 5.41) is 1.74. The highest BCUT2D eigenvalue weighted by Gasteiger charge is 2.65. The van der Waals surface area contributed by atoms with Crippen molar-refractivity contribution >= 4 is 46.0 Å². The van der Waals surface area contributed by atoms with E-state index < -0.39 is 36.0 Å². The van der Waals surface area contributed by atoms with Crippen LogP contribution >= 0.6 is 0 Å². The highest BCUT2D eigenvalue weighted by atomic mass is 16.5. The molecule has 2 amide bonds. The van der Waals surface area contributed by atoms with Gasteiger partial charge in [-0.05, 0) is 34.2 Å². The molecular formula is C38H28N2O4. The van der Waals surface area contributed by atoms with Crippen LogP contribution in [0.5, 0.6) is 0 Å². The number of rotatable bonds is 5. The first kappa shape index (κ1) is 26.2. The maximum absolute atomic E-state index is 14.5. The maximum Gasteiger partial charge on any atom is 0.330 e. The highest BCUT2D eigenvalue weighted by molar-refractivity contribution is 6.27. The molecule has 44 heavy (non-hydrogen) atoms. The van der Waals surface area contributed by atoms with Crippen molar-refractivity contribution in [3.8, 4) is 0 Å². The third-order valence-corrected chi connectivity index (χ3v) is 9.10. The van der Waals surface area contributed by atoms with E-state index >= 15 is 0 Å². The van der Waals surface area contributed by atoms with E-state index in [0.717, 1.165) is 33.2 Å². The lowest BCUT2D eigenvalue weighted by Gasteiger charge is -2.36. The van der Waals surface area contributed by atoms with E-state index in [1.54, 1.807) is 6.07 Å². The SMILES string of the molecule is O=C(OC(c1ccccc1)c1ccccc1)[C@@H]1[C@@H]2C(=O)N(c3cccc4ccccc34)C(=O)[C@@H]2[C@H]2C=Cc3ccccc3N21. The number of para-hydroxylation sites is 1. The number of carbonyl (C=O) groups is 3. The van der Waals surface area contributed by atoms with Crippen molar-refractivity contribution in [2.24, 2.45) is 11.8 Å². The van der Waals surface area contributed by atoms with E-state index in [9.17, 15) is 14.4 Å². The maximum atomic E-state index is 14.5. The molecule has 0 radical (unpaired) electrons. The summed E-state index contributed by atoms with van der Waals surface area (Å²) in [6.45, 7) is 0. The zero-order chi connectivity index (χ0) is 29.8. The molecule has 6 nitrogen and oxygen atoms in total. The number of anilines is 2. The Morgan fingerprint density at radius 2 is 1.23 bits per heavy atom. The number of nitrogens with zero attached hydrogens (tertiary/aromatic N) is 2. The van der Waals surface area contributed by atoms with Gasteiger partial charge in [-0.1, -0.05) is 127 Å². The molecule has 2 fully saturated rings. The van der Waals surface area contributed by atoms with Crippen LogP contribution in [0.15, 0.2) is 133 Å². The monoisotopic (exact) mass is 576 g/mol. The molecule has 3 heterocycles. The second-order valence-electron chi connectivity index (χ2n) is 11.5. The van der Waals surface area contributed by atoms with Crippen LogP contribution in [0.2, 0.25) is 0 Å². The van der Waals surface area contributed by atoms with Crippen LogP contribution in [-0.2, 0) is 19.1 Å². The summed E-state index contributed by atoms with van der Waals surface area (Å²) in [6, 6.07) is 38.8. The molecule has 8 rings (SSSR count). The van der Waals surface area contributed by atoms with Crippen molar-refractivity contribution in [3.05, 3.63) is 150 Å². The van der Waals surface area contributed by atoms with Crippen molar-refractivity contribution in [2.45, 2.75) is 18.2 Å². The van der Waals surface area contributed by atoms with Crippen molar-refractivity contribution < 1.29 is 19.1 Å². The number of esters is 1. The second-order valence-corrected chi connectivity index (χ2v) is 11.5. The molecule has 2 saturated heterocycles. The van der Waals surface area contributed by atoms with Crippen molar-refractivity contribution in [1.82, 2.24) is 0 Å². The molecule has 0 saturated carbocycles. The Bertz CT molecular complexity index is 1910. The molecule has 3 aliphatic rings. The molecule has 5 aromatic rings. The van der Waals surface area contributed by atoms with Gasteiger partial charge < -0.3 is 9.64 Å². The minimum atomic E-state index is -0.998. The molecule has 6 heteroatoms.